The quantitative estimate of drug-likeness (QED) is 0.801. The fraction of sp³-hybridized carbons (Fsp3) is 0.625. The van der Waals surface area contributed by atoms with Crippen LogP contribution >= 0.6 is 0 Å². The molecule has 0 saturated carbocycles. The molecule has 0 aliphatic rings. The van der Waals surface area contributed by atoms with Crippen LogP contribution in [0.1, 0.15) is 30.0 Å². The van der Waals surface area contributed by atoms with Gasteiger partial charge in [-0.25, -0.2) is 0 Å². The maximum Gasteiger partial charge on any atom is 0.0488 e. The van der Waals surface area contributed by atoms with E-state index < -0.39 is 0 Å². The molecule has 0 bridgehead atoms. The van der Waals surface area contributed by atoms with Crippen molar-refractivity contribution in [2.75, 3.05) is 20.8 Å². The van der Waals surface area contributed by atoms with Gasteiger partial charge in [0.15, 0.2) is 0 Å². The Labute approximate surface area is 112 Å². The summed E-state index contributed by atoms with van der Waals surface area (Å²) in [5, 5.41) is 3.44. The maximum atomic E-state index is 5.22. The summed E-state index contributed by atoms with van der Waals surface area (Å²) in [6.45, 7) is 7.49. The molecule has 18 heavy (non-hydrogen) atoms. The van der Waals surface area contributed by atoms with E-state index in [1.54, 1.807) is 7.11 Å². The highest BCUT2D eigenvalue weighted by molar-refractivity contribution is 5.34. The van der Waals surface area contributed by atoms with Gasteiger partial charge in [-0.05, 0) is 56.3 Å². The first kappa shape index (κ1) is 15.2. The van der Waals surface area contributed by atoms with Crippen molar-refractivity contribution in [2.45, 2.75) is 39.7 Å². The molecule has 1 N–H and O–H groups in total. The van der Waals surface area contributed by atoms with E-state index in [-0.39, 0.29) is 0 Å². The molecule has 2 atom stereocenters. The first-order valence-electron chi connectivity index (χ1n) is 6.79. The van der Waals surface area contributed by atoms with E-state index >= 15 is 0 Å². The maximum absolute atomic E-state index is 5.22. The lowest BCUT2D eigenvalue weighted by Gasteiger charge is -2.22. The van der Waals surface area contributed by atoms with Gasteiger partial charge < -0.3 is 10.1 Å². The van der Waals surface area contributed by atoms with Gasteiger partial charge in [-0.15, -0.1) is 0 Å². The second-order valence-corrected chi connectivity index (χ2v) is 5.36. The Morgan fingerprint density at radius 1 is 1.22 bits per heavy atom. The number of ether oxygens (including phenoxy) is 1. The van der Waals surface area contributed by atoms with Crippen molar-refractivity contribution in [3.63, 3.8) is 0 Å². The predicted octanol–water partition coefficient (Wildman–Crippen LogP) is 3.11. The molecule has 2 nitrogen and oxygen atoms in total. The number of hydrogen-bond donors (Lipinski definition) is 1. The molecular weight excluding hydrogens is 222 g/mol. The molecule has 0 saturated heterocycles. The van der Waals surface area contributed by atoms with E-state index in [1.165, 1.54) is 16.7 Å². The molecule has 1 rings (SSSR count). The van der Waals surface area contributed by atoms with Gasteiger partial charge in [0.1, 0.15) is 0 Å². The Balaban J connectivity index is 2.68. The summed E-state index contributed by atoms with van der Waals surface area (Å²) >= 11 is 0. The number of methoxy groups -OCH3 is 1. The highest BCUT2D eigenvalue weighted by atomic mass is 16.5. The number of rotatable bonds is 7. The molecule has 0 radical (unpaired) electrons. The second kappa shape index (κ2) is 7.55. The van der Waals surface area contributed by atoms with Crippen molar-refractivity contribution in [3.8, 4) is 0 Å². The molecule has 102 valence electrons. The van der Waals surface area contributed by atoms with Crippen LogP contribution in [0.3, 0.4) is 0 Å². The van der Waals surface area contributed by atoms with Crippen LogP contribution in [0.15, 0.2) is 18.2 Å². The van der Waals surface area contributed by atoms with Gasteiger partial charge in [0.25, 0.3) is 0 Å². The molecule has 1 aromatic carbocycles. The smallest absolute Gasteiger partial charge is 0.0488 e. The third-order valence-electron chi connectivity index (χ3n) is 3.64. The van der Waals surface area contributed by atoms with E-state index in [9.17, 15) is 0 Å². The normalized spacial score (nSPS) is 14.5. The van der Waals surface area contributed by atoms with Crippen molar-refractivity contribution in [2.24, 2.45) is 5.92 Å². The Kier molecular flexibility index (Phi) is 6.37. The van der Waals surface area contributed by atoms with Crippen LogP contribution in [0.25, 0.3) is 0 Å². The van der Waals surface area contributed by atoms with Gasteiger partial charge in [0.05, 0.1) is 0 Å². The minimum atomic E-state index is 0.523. The Morgan fingerprint density at radius 2 is 1.83 bits per heavy atom. The van der Waals surface area contributed by atoms with Crippen LogP contribution in [0.4, 0.5) is 0 Å². The lowest BCUT2D eigenvalue weighted by molar-refractivity contribution is 0.150. The average molecular weight is 249 g/mol. The molecule has 0 aliphatic carbocycles. The van der Waals surface area contributed by atoms with Crippen LogP contribution in [-0.4, -0.2) is 26.8 Å². The largest absolute Gasteiger partial charge is 0.384 e. The number of benzene rings is 1. The Hall–Kier alpha value is -0.860. The molecule has 2 heteroatoms. The zero-order chi connectivity index (χ0) is 13.5. The highest BCUT2D eigenvalue weighted by Crippen LogP contribution is 2.18. The SMILES string of the molecule is CNC(Cc1c(C)cccc1C)CC(C)COC. The zero-order valence-corrected chi connectivity index (χ0v) is 12.4. The fourth-order valence-electron chi connectivity index (χ4n) is 2.56. The first-order valence-corrected chi connectivity index (χ1v) is 6.79. The van der Waals surface area contributed by atoms with Crippen molar-refractivity contribution in [1.29, 1.82) is 0 Å². The average Bonchev–Trinajstić information content (AvgIpc) is 2.33. The van der Waals surface area contributed by atoms with Gasteiger partial charge in [-0.3, -0.25) is 0 Å². The highest BCUT2D eigenvalue weighted by Gasteiger charge is 2.14. The summed E-state index contributed by atoms with van der Waals surface area (Å²) < 4.78 is 5.22. The topological polar surface area (TPSA) is 21.3 Å². The Morgan fingerprint density at radius 3 is 2.33 bits per heavy atom. The monoisotopic (exact) mass is 249 g/mol. The van der Waals surface area contributed by atoms with E-state index in [2.05, 4.69) is 51.3 Å². The molecule has 0 aliphatic heterocycles. The lowest BCUT2D eigenvalue weighted by atomic mass is 9.92. The molecule has 0 spiro atoms. The predicted molar refractivity (Wildman–Crippen MR) is 78.1 cm³/mol. The zero-order valence-electron chi connectivity index (χ0n) is 12.4. The van der Waals surface area contributed by atoms with Crippen LogP contribution in [0.2, 0.25) is 0 Å². The molecule has 0 fully saturated rings. The van der Waals surface area contributed by atoms with Crippen LogP contribution in [0, 0.1) is 19.8 Å². The summed E-state index contributed by atoms with van der Waals surface area (Å²) in [5.41, 5.74) is 4.28. The van der Waals surface area contributed by atoms with E-state index in [0.29, 0.717) is 12.0 Å². The molecule has 2 unspecified atom stereocenters. The summed E-state index contributed by atoms with van der Waals surface area (Å²) in [5.74, 6) is 0.594. The van der Waals surface area contributed by atoms with E-state index in [4.69, 9.17) is 4.74 Å². The Bertz CT molecular complexity index is 342. The molecular formula is C16H27NO. The summed E-state index contributed by atoms with van der Waals surface area (Å²) in [6, 6.07) is 7.06. The summed E-state index contributed by atoms with van der Waals surface area (Å²) in [7, 11) is 3.83. The minimum Gasteiger partial charge on any atom is -0.384 e. The van der Waals surface area contributed by atoms with Gasteiger partial charge in [0, 0.05) is 19.8 Å². The van der Waals surface area contributed by atoms with Gasteiger partial charge in [-0.2, -0.15) is 0 Å². The third kappa shape index (κ3) is 4.43. The number of hydrogen-bond acceptors (Lipinski definition) is 2. The second-order valence-electron chi connectivity index (χ2n) is 5.36. The van der Waals surface area contributed by atoms with Gasteiger partial charge >= 0.3 is 0 Å². The number of likely N-dealkylation sites (N-methyl/N-ethyl adjacent to an activating group) is 1. The van der Waals surface area contributed by atoms with Crippen LogP contribution in [-0.2, 0) is 11.2 Å². The van der Waals surface area contributed by atoms with Crippen LogP contribution < -0.4 is 5.32 Å². The van der Waals surface area contributed by atoms with Crippen LogP contribution in [0.5, 0.6) is 0 Å². The third-order valence-corrected chi connectivity index (χ3v) is 3.64. The molecule has 1 aromatic rings. The van der Waals surface area contributed by atoms with Crippen molar-refractivity contribution in [1.82, 2.24) is 5.32 Å². The van der Waals surface area contributed by atoms with E-state index in [1.807, 2.05) is 0 Å². The summed E-state index contributed by atoms with van der Waals surface area (Å²) in [4.78, 5) is 0. The minimum absolute atomic E-state index is 0.523. The van der Waals surface area contributed by atoms with Crippen molar-refractivity contribution < 1.29 is 4.74 Å². The van der Waals surface area contributed by atoms with Gasteiger partial charge in [-0.1, -0.05) is 25.1 Å². The number of aryl methyl sites for hydroxylation is 2. The fourth-order valence-corrected chi connectivity index (χ4v) is 2.56. The summed E-state index contributed by atoms with van der Waals surface area (Å²) in [6.07, 6.45) is 2.25. The van der Waals surface area contributed by atoms with E-state index in [0.717, 1.165) is 19.4 Å². The molecule has 0 aromatic heterocycles. The lowest BCUT2D eigenvalue weighted by Crippen LogP contribution is -2.31. The molecule has 0 amide bonds. The van der Waals surface area contributed by atoms with Crippen molar-refractivity contribution in [3.05, 3.63) is 34.9 Å². The number of nitrogens with one attached hydrogen (secondary N) is 1. The van der Waals surface area contributed by atoms with Gasteiger partial charge in [0.2, 0.25) is 0 Å². The molecule has 0 heterocycles. The standard InChI is InChI=1S/C16H27NO/c1-12(11-18-5)9-15(17-4)10-16-13(2)7-6-8-14(16)3/h6-8,12,15,17H,9-11H2,1-5H3. The first-order chi connectivity index (χ1) is 8.58. The van der Waals surface area contributed by atoms with Crippen molar-refractivity contribution >= 4 is 0 Å².